The van der Waals surface area contributed by atoms with E-state index >= 15 is 0 Å². The van der Waals surface area contributed by atoms with Crippen molar-refractivity contribution in [3.63, 3.8) is 0 Å². The third-order valence-electron chi connectivity index (χ3n) is 3.14. The third kappa shape index (κ3) is 3.71. The monoisotopic (exact) mass is 277 g/mol. The minimum atomic E-state index is -0.102. The van der Waals surface area contributed by atoms with Crippen molar-refractivity contribution in [1.29, 1.82) is 0 Å². The molecule has 0 bridgehead atoms. The van der Waals surface area contributed by atoms with Crippen molar-refractivity contribution >= 4 is 17.5 Å². The standard InChI is InChI=1S/C14H19N3O3/c1-15-13(18)10-16-12-4-2-3-11(9-12)14(19)17-5-7-20-8-6-17/h2-4,9,16H,5-8,10H2,1H3,(H,15,18). The Hall–Kier alpha value is -2.08. The summed E-state index contributed by atoms with van der Waals surface area (Å²) >= 11 is 0. The van der Waals surface area contributed by atoms with Crippen LogP contribution in [0.5, 0.6) is 0 Å². The largest absolute Gasteiger partial charge is 0.378 e. The summed E-state index contributed by atoms with van der Waals surface area (Å²) in [5, 5.41) is 5.52. The summed E-state index contributed by atoms with van der Waals surface area (Å²) in [5.41, 5.74) is 1.38. The molecule has 6 heteroatoms. The minimum Gasteiger partial charge on any atom is -0.378 e. The fourth-order valence-corrected chi connectivity index (χ4v) is 1.98. The number of nitrogens with one attached hydrogen (secondary N) is 2. The van der Waals surface area contributed by atoms with Gasteiger partial charge in [-0.1, -0.05) is 6.07 Å². The van der Waals surface area contributed by atoms with E-state index in [1.165, 1.54) is 0 Å². The van der Waals surface area contributed by atoms with Gasteiger partial charge in [-0.3, -0.25) is 9.59 Å². The number of hydrogen-bond donors (Lipinski definition) is 2. The molecule has 0 radical (unpaired) electrons. The first-order valence-electron chi connectivity index (χ1n) is 6.62. The van der Waals surface area contributed by atoms with Crippen LogP contribution in [0.1, 0.15) is 10.4 Å². The lowest BCUT2D eigenvalue weighted by molar-refractivity contribution is -0.118. The van der Waals surface area contributed by atoms with Gasteiger partial charge in [0.15, 0.2) is 0 Å². The third-order valence-corrected chi connectivity index (χ3v) is 3.14. The first-order valence-corrected chi connectivity index (χ1v) is 6.62. The molecule has 0 spiro atoms. The molecule has 2 rings (SSSR count). The number of hydrogen-bond acceptors (Lipinski definition) is 4. The molecule has 1 aromatic carbocycles. The number of carbonyl (C=O) groups excluding carboxylic acids is 2. The number of morpholine rings is 1. The molecular formula is C14H19N3O3. The zero-order valence-electron chi connectivity index (χ0n) is 11.5. The normalized spacial score (nSPS) is 14.8. The average molecular weight is 277 g/mol. The Bertz CT molecular complexity index is 484. The lowest BCUT2D eigenvalue weighted by Crippen LogP contribution is -2.40. The molecule has 1 saturated heterocycles. The zero-order chi connectivity index (χ0) is 14.4. The molecule has 1 fully saturated rings. The highest BCUT2D eigenvalue weighted by molar-refractivity contribution is 5.95. The molecule has 0 aromatic heterocycles. The smallest absolute Gasteiger partial charge is 0.254 e. The van der Waals surface area contributed by atoms with Crippen molar-refractivity contribution in [2.75, 3.05) is 45.2 Å². The van der Waals surface area contributed by atoms with Gasteiger partial charge in [0.1, 0.15) is 0 Å². The van der Waals surface area contributed by atoms with Gasteiger partial charge in [0.05, 0.1) is 19.8 Å². The van der Waals surface area contributed by atoms with E-state index in [0.29, 0.717) is 31.9 Å². The highest BCUT2D eigenvalue weighted by Gasteiger charge is 2.18. The Morgan fingerprint density at radius 3 is 2.75 bits per heavy atom. The van der Waals surface area contributed by atoms with Gasteiger partial charge in [-0.05, 0) is 18.2 Å². The van der Waals surface area contributed by atoms with Crippen LogP contribution < -0.4 is 10.6 Å². The Balaban J connectivity index is 2.01. The molecule has 0 unspecified atom stereocenters. The summed E-state index contributed by atoms with van der Waals surface area (Å²) in [7, 11) is 1.59. The van der Waals surface area contributed by atoms with Gasteiger partial charge in [0.25, 0.3) is 5.91 Å². The number of rotatable bonds is 4. The molecule has 1 aliphatic rings. The van der Waals surface area contributed by atoms with Gasteiger partial charge in [0, 0.05) is 31.4 Å². The van der Waals surface area contributed by atoms with Gasteiger partial charge in [-0.15, -0.1) is 0 Å². The molecular weight excluding hydrogens is 258 g/mol. The van der Waals surface area contributed by atoms with E-state index in [2.05, 4.69) is 10.6 Å². The second-order valence-corrected chi connectivity index (χ2v) is 4.51. The van der Waals surface area contributed by atoms with Crippen LogP contribution in [0.4, 0.5) is 5.69 Å². The van der Waals surface area contributed by atoms with E-state index in [-0.39, 0.29) is 18.4 Å². The summed E-state index contributed by atoms with van der Waals surface area (Å²) in [6.07, 6.45) is 0. The average Bonchev–Trinajstić information content (AvgIpc) is 2.53. The number of likely N-dealkylation sites (N-methyl/N-ethyl adjacent to an activating group) is 1. The molecule has 2 amide bonds. The van der Waals surface area contributed by atoms with Crippen molar-refractivity contribution in [3.05, 3.63) is 29.8 Å². The Labute approximate surface area is 118 Å². The fraction of sp³-hybridized carbons (Fsp3) is 0.429. The summed E-state index contributed by atoms with van der Waals surface area (Å²) < 4.78 is 5.24. The molecule has 108 valence electrons. The number of ether oxygens (including phenoxy) is 1. The van der Waals surface area contributed by atoms with Crippen LogP contribution in [0.2, 0.25) is 0 Å². The van der Waals surface area contributed by atoms with Crippen LogP contribution in [-0.2, 0) is 9.53 Å². The van der Waals surface area contributed by atoms with Crippen molar-refractivity contribution in [1.82, 2.24) is 10.2 Å². The Morgan fingerprint density at radius 2 is 2.05 bits per heavy atom. The van der Waals surface area contributed by atoms with Crippen molar-refractivity contribution in [2.45, 2.75) is 0 Å². The molecule has 1 aliphatic heterocycles. The number of amides is 2. The number of carbonyl (C=O) groups is 2. The van der Waals surface area contributed by atoms with Gasteiger partial charge < -0.3 is 20.3 Å². The van der Waals surface area contributed by atoms with Crippen LogP contribution >= 0.6 is 0 Å². The summed E-state index contributed by atoms with van der Waals surface area (Å²) in [6, 6.07) is 7.18. The Kier molecular flexibility index (Phi) is 4.95. The highest BCUT2D eigenvalue weighted by atomic mass is 16.5. The lowest BCUT2D eigenvalue weighted by Gasteiger charge is -2.27. The predicted molar refractivity (Wildman–Crippen MR) is 75.7 cm³/mol. The number of nitrogens with zero attached hydrogens (tertiary/aromatic N) is 1. The second kappa shape index (κ2) is 6.91. The van der Waals surface area contributed by atoms with Crippen LogP contribution in [0.25, 0.3) is 0 Å². The lowest BCUT2D eigenvalue weighted by atomic mass is 10.1. The van der Waals surface area contributed by atoms with E-state index in [9.17, 15) is 9.59 Å². The number of anilines is 1. The summed E-state index contributed by atoms with van der Waals surface area (Å²) in [4.78, 5) is 25.3. The van der Waals surface area contributed by atoms with Gasteiger partial charge in [-0.2, -0.15) is 0 Å². The van der Waals surface area contributed by atoms with Gasteiger partial charge >= 0.3 is 0 Å². The zero-order valence-corrected chi connectivity index (χ0v) is 11.5. The molecule has 1 aromatic rings. The van der Waals surface area contributed by atoms with E-state index < -0.39 is 0 Å². The second-order valence-electron chi connectivity index (χ2n) is 4.51. The molecule has 2 N–H and O–H groups in total. The van der Waals surface area contributed by atoms with Crippen molar-refractivity contribution in [2.24, 2.45) is 0 Å². The molecule has 20 heavy (non-hydrogen) atoms. The van der Waals surface area contributed by atoms with Gasteiger partial charge in [-0.25, -0.2) is 0 Å². The van der Waals surface area contributed by atoms with Crippen molar-refractivity contribution < 1.29 is 14.3 Å². The first kappa shape index (κ1) is 14.3. The molecule has 0 aliphatic carbocycles. The molecule has 6 nitrogen and oxygen atoms in total. The summed E-state index contributed by atoms with van der Waals surface area (Å²) in [5.74, 6) is -0.105. The molecule has 1 heterocycles. The van der Waals surface area contributed by atoms with Crippen LogP contribution in [0.15, 0.2) is 24.3 Å². The molecule has 0 atom stereocenters. The SMILES string of the molecule is CNC(=O)CNc1cccc(C(=O)N2CCOCC2)c1. The minimum absolute atomic E-state index is 0.00288. The van der Waals surface area contributed by atoms with Crippen LogP contribution in [-0.4, -0.2) is 56.6 Å². The maximum Gasteiger partial charge on any atom is 0.254 e. The quantitative estimate of drug-likeness (QED) is 0.831. The fourth-order valence-electron chi connectivity index (χ4n) is 1.98. The van der Waals surface area contributed by atoms with E-state index in [0.717, 1.165) is 5.69 Å². The topological polar surface area (TPSA) is 70.7 Å². The first-order chi connectivity index (χ1) is 9.70. The van der Waals surface area contributed by atoms with Crippen LogP contribution in [0.3, 0.4) is 0 Å². The van der Waals surface area contributed by atoms with Crippen molar-refractivity contribution in [3.8, 4) is 0 Å². The highest BCUT2D eigenvalue weighted by Crippen LogP contribution is 2.13. The summed E-state index contributed by atoms with van der Waals surface area (Å²) in [6.45, 7) is 2.59. The Morgan fingerprint density at radius 1 is 1.30 bits per heavy atom. The van der Waals surface area contributed by atoms with Crippen LogP contribution in [0, 0.1) is 0 Å². The number of benzene rings is 1. The van der Waals surface area contributed by atoms with Gasteiger partial charge in [0.2, 0.25) is 5.91 Å². The maximum atomic E-state index is 12.3. The molecule has 0 saturated carbocycles. The predicted octanol–water partition coefficient (Wildman–Crippen LogP) is 0.317. The van der Waals surface area contributed by atoms with E-state index in [4.69, 9.17) is 4.74 Å². The maximum absolute atomic E-state index is 12.3. The van der Waals surface area contributed by atoms with E-state index in [1.54, 1.807) is 30.1 Å². The van der Waals surface area contributed by atoms with E-state index in [1.807, 2.05) is 6.07 Å².